The van der Waals surface area contributed by atoms with Crippen LogP contribution in [0.15, 0.2) is 21.6 Å². The molecule has 3 N–H and O–H groups in total. The third kappa shape index (κ3) is 1.86. The van der Waals surface area contributed by atoms with E-state index in [2.05, 4.69) is 9.97 Å². The first-order valence-electron chi connectivity index (χ1n) is 5.02. The maximum atomic E-state index is 11.8. The van der Waals surface area contributed by atoms with Gasteiger partial charge in [-0.15, -0.1) is 0 Å². The number of anilines is 1. The second-order valence-corrected chi connectivity index (χ2v) is 4.66. The molecule has 0 saturated carbocycles. The van der Waals surface area contributed by atoms with E-state index in [4.69, 9.17) is 5.73 Å². The molecule has 0 aliphatic heterocycles. The summed E-state index contributed by atoms with van der Waals surface area (Å²) in [5.41, 5.74) is 7.10. The van der Waals surface area contributed by atoms with E-state index in [0.29, 0.717) is 17.2 Å². The second-order valence-electron chi connectivity index (χ2n) is 3.88. The summed E-state index contributed by atoms with van der Waals surface area (Å²) in [5.74, 6) is 0.931. The Morgan fingerprint density at radius 1 is 1.50 bits per heavy atom. The minimum Gasteiger partial charge on any atom is -0.383 e. The first kappa shape index (κ1) is 10.9. The third-order valence-electron chi connectivity index (χ3n) is 2.36. The largest absolute Gasteiger partial charge is 0.383 e. The summed E-state index contributed by atoms with van der Waals surface area (Å²) in [6.07, 6.45) is 0. The maximum Gasteiger partial charge on any atom is 0.256 e. The lowest BCUT2D eigenvalue weighted by Crippen LogP contribution is -2.19. The van der Waals surface area contributed by atoms with Gasteiger partial charge < -0.3 is 10.7 Å². The molecule has 0 bridgehead atoms. The predicted molar refractivity (Wildman–Crippen MR) is 66.7 cm³/mol. The van der Waals surface area contributed by atoms with E-state index in [0.717, 1.165) is 5.56 Å². The molecular weight excluding hydrogens is 222 g/mol. The number of nitrogens with zero attached hydrogens (tertiary/aromatic N) is 1. The van der Waals surface area contributed by atoms with Crippen LogP contribution in [0.25, 0.3) is 11.4 Å². The van der Waals surface area contributed by atoms with Crippen molar-refractivity contribution in [2.75, 3.05) is 5.73 Å². The highest BCUT2D eigenvalue weighted by Gasteiger charge is 2.13. The highest BCUT2D eigenvalue weighted by Crippen LogP contribution is 2.21. The zero-order valence-corrected chi connectivity index (χ0v) is 9.97. The molecule has 16 heavy (non-hydrogen) atoms. The molecule has 0 radical (unpaired) electrons. The van der Waals surface area contributed by atoms with Gasteiger partial charge in [0.2, 0.25) is 0 Å². The van der Waals surface area contributed by atoms with Crippen molar-refractivity contribution in [2.45, 2.75) is 19.8 Å². The minimum absolute atomic E-state index is 0.0766. The molecule has 0 amide bonds. The molecule has 84 valence electrons. The Hall–Kier alpha value is -1.62. The van der Waals surface area contributed by atoms with Crippen LogP contribution in [0.2, 0.25) is 0 Å². The second kappa shape index (κ2) is 4.09. The van der Waals surface area contributed by atoms with Gasteiger partial charge in [-0.25, -0.2) is 4.98 Å². The molecule has 2 heterocycles. The van der Waals surface area contributed by atoms with Crippen LogP contribution >= 0.6 is 11.3 Å². The molecule has 0 aliphatic carbocycles. The van der Waals surface area contributed by atoms with Crippen LogP contribution in [0.3, 0.4) is 0 Å². The molecule has 0 unspecified atom stereocenters. The van der Waals surface area contributed by atoms with Gasteiger partial charge in [-0.2, -0.15) is 11.3 Å². The summed E-state index contributed by atoms with van der Waals surface area (Å²) in [5, 5.41) is 3.86. The average molecular weight is 235 g/mol. The van der Waals surface area contributed by atoms with Gasteiger partial charge in [-0.05, 0) is 17.4 Å². The molecule has 0 saturated heterocycles. The maximum absolute atomic E-state index is 11.8. The van der Waals surface area contributed by atoms with E-state index in [1.165, 1.54) is 0 Å². The monoisotopic (exact) mass is 235 g/mol. The zero-order chi connectivity index (χ0) is 11.7. The molecule has 2 rings (SSSR count). The number of thiophene rings is 1. The normalized spacial score (nSPS) is 10.9. The van der Waals surface area contributed by atoms with Gasteiger partial charge in [0, 0.05) is 10.9 Å². The summed E-state index contributed by atoms with van der Waals surface area (Å²) in [6, 6.07) is 1.90. The van der Waals surface area contributed by atoms with Crippen molar-refractivity contribution >= 4 is 17.2 Å². The van der Waals surface area contributed by atoms with Crippen LogP contribution in [0, 0.1) is 0 Å². The first-order chi connectivity index (χ1) is 7.59. The molecule has 0 atom stereocenters. The Morgan fingerprint density at radius 2 is 2.25 bits per heavy atom. The first-order valence-corrected chi connectivity index (χ1v) is 5.96. The van der Waals surface area contributed by atoms with Crippen LogP contribution in [0.5, 0.6) is 0 Å². The third-order valence-corrected chi connectivity index (χ3v) is 3.04. The minimum atomic E-state index is -0.149. The Labute approximate surface area is 97.2 Å². The Kier molecular flexibility index (Phi) is 2.78. The van der Waals surface area contributed by atoms with Crippen LogP contribution in [-0.2, 0) is 0 Å². The highest BCUT2D eigenvalue weighted by molar-refractivity contribution is 7.08. The summed E-state index contributed by atoms with van der Waals surface area (Å²) in [4.78, 5) is 18.8. The van der Waals surface area contributed by atoms with E-state index in [1.807, 2.05) is 30.7 Å². The lowest BCUT2D eigenvalue weighted by atomic mass is 10.1. The van der Waals surface area contributed by atoms with Gasteiger partial charge in [0.05, 0.1) is 5.56 Å². The highest BCUT2D eigenvalue weighted by atomic mass is 32.1. The predicted octanol–water partition coefficient (Wildman–Crippen LogP) is 2.20. The summed E-state index contributed by atoms with van der Waals surface area (Å²) < 4.78 is 0. The Bertz CT molecular complexity index is 543. The van der Waals surface area contributed by atoms with E-state index in [-0.39, 0.29) is 11.5 Å². The Balaban J connectivity index is 2.58. The molecule has 5 heteroatoms. The molecule has 2 aromatic heterocycles. The molecule has 0 aromatic carbocycles. The van der Waals surface area contributed by atoms with Crippen molar-refractivity contribution in [1.82, 2.24) is 9.97 Å². The number of hydrogen-bond donors (Lipinski definition) is 2. The van der Waals surface area contributed by atoms with Crippen LogP contribution < -0.4 is 11.3 Å². The molecule has 0 fully saturated rings. The number of nitrogens with two attached hydrogens (primary N) is 1. The molecule has 2 aromatic rings. The van der Waals surface area contributed by atoms with Gasteiger partial charge in [0.15, 0.2) is 0 Å². The van der Waals surface area contributed by atoms with Crippen LogP contribution in [-0.4, -0.2) is 9.97 Å². The number of hydrogen-bond acceptors (Lipinski definition) is 4. The summed E-state index contributed by atoms with van der Waals surface area (Å²) in [6.45, 7) is 3.85. The molecule has 0 spiro atoms. The van der Waals surface area contributed by atoms with Crippen molar-refractivity contribution in [3.8, 4) is 11.4 Å². The van der Waals surface area contributed by atoms with Crippen molar-refractivity contribution in [3.05, 3.63) is 32.7 Å². The van der Waals surface area contributed by atoms with Gasteiger partial charge in [0.1, 0.15) is 11.6 Å². The standard InChI is InChI=1S/C11H13N3OS/c1-6(2)8-9(12)13-10(14-11(8)15)7-3-4-16-5-7/h3-6H,1-2H3,(H3,12,13,14,15). The number of H-pyrrole nitrogens is 1. The SMILES string of the molecule is CC(C)c1c(N)nc(-c2ccsc2)[nH]c1=O. The molecular formula is C11H13N3OS. The zero-order valence-electron chi connectivity index (χ0n) is 9.15. The van der Waals surface area contributed by atoms with Gasteiger partial charge >= 0.3 is 0 Å². The van der Waals surface area contributed by atoms with Gasteiger partial charge in [0.25, 0.3) is 5.56 Å². The lowest BCUT2D eigenvalue weighted by molar-refractivity contribution is 0.837. The van der Waals surface area contributed by atoms with Crippen molar-refractivity contribution in [2.24, 2.45) is 0 Å². The number of aromatic nitrogens is 2. The molecule has 4 nitrogen and oxygen atoms in total. The van der Waals surface area contributed by atoms with Crippen molar-refractivity contribution < 1.29 is 0 Å². The summed E-state index contributed by atoms with van der Waals surface area (Å²) in [7, 11) is 0. The van der Waals surface area contributed by atoms with Gasteiger partial charge in [-0.3, -0.25) is 4.79 Å². The smallest absolute Gasteiger partial charge is 0.256 e. The van der Waals surface area contributed by atoms with E-state index >= 15 is 0 Å². The number of rotatable bonds is 2. The number of nitrogens with one attached hydrogen (secondary N) is 1. The van der Waals surface area contributed by atoms with Crippen LogP contribution in [0.4, 0.5) is 5.82 Å². The topological polar surface area (TPSA) is 71.8 Å². The van der Waals surface area contributed by atoms with E-state index in [9.17, 15) is 4.79 Å². The fourth-order valence-electron chi connectivity index (χ4n) is 1.59. The fraction of sp³-hybridized carbons (Fsp3) is 0.273. The van der Waals surface area contributed by atoms with Crippen LogP contribution in [0.1, 0.15) is 25.3 Å². The fourth-order valence-corrected chi connectivity index (χ4v) is 2.23. The van der Waals surface area contributed by atoms with E-state index < -0.39 is 0 Å². The average Bonchev–Trinajstić information content (AvgIpc) is 2.67. The quantitative estimate of drug-likeness (QED) is 0.838. The van der Waals surface area contributed by atoms with Gasteiger partial charge in [-0.1, -0.05) is 13.8 Å². The number of aromatic amines is 1. The summed E-state index contributed by atoms with van der Waals surface area (Å²) >= 11 is 1.55. The van der Waals surface area contributed by atoms with Crippen molar-refractivity contribution in [3.63, 3.8) is 0 Å². The van der Waals surface area contributed by atoms with Crippen molar-refractivity contribution in [1.29, 1.82) is 0 Å². The number of nitrogen functional groups attached to an aromatic ring is 1. The Morgan fingerprint density at radius 3 is 2.75 bits per heavy atom. The van der Waals surface area contributed by atoms with E-state index in [1.54, 1.807) is 11.3 Å². The molecule has 0 aliphatic rings. The lowest BCUT2D eigenvalue weighted by Gasteiger charge is -2.08.